The van der Waals surface area contributed by atoms with Crippen LogP contribution < -0.4 is 16.0 Å². The van der Waals surface area contributed by atoms with E-state index in [1.54, 1.807) is 0 Å². The molecule has 0 bridgehead atoms. The number of halogens is 3. The van der Waals surface area contributed by atoms with Gasteiger partial charge in [-0.1, -0.05) is 43.5 Å². The van der Waals surface area contributed by atoms with Crippen molar-refractivity contribution in [3.63, 3.8) is 0 Å². The van der Waals surface area contributed by atoms with E-state index in [-0.39, 0.29) is 42.7 Å². The Hall–Kier alpha value is -3.07. The zero-order chi connectivity index (χ0) is 37.5. The Morgan fingerprint density at radius 1 is 1.02 bits per heavy atom. The number of ether oxygens (including phenoxy) is 2. The standard InChI is InChI=1S/C33H47F3N6O9S/c34-33(35,36)32(40-41-32)20-11-9-19(10-12-20)15-42(25(45)17-50-30-29(48)28(47)27(46)22(16-43)51-30)14-6-2-1-5-13-37-24(44)8-4-3-7-23-26-21(18-52-23)38-31(49)39-26/h9-12,21-23,26-30,43,46-48H,1-8,13-18H2,(H,37,44)(H2,38,39,49)/t21?,22-,23?,26?,27-,28+,29+,30+/m1/s1. The van der Waals surface area contributed by atoms with Crippen LogP contribution in [-0.4, -0.2) is 129 Å². The van der Waals surface area contributed by atoms with E-state index < -0.39 is 61.7 Å². The lowest BCUT2D eigenvalue weighted by Gasteiger charge is -2.39. The third kappa shape index (κ3) is 9.91. The van der Waals surface area contributed by atoms with Crippen LogP contribution in [-0.2, 0) is 31.3 Å². The van der Waals surface area contributed by atoms with Crippen LogP contribution in [0.2, 0.25) is 0 Å². The molecule has 4 heterocycles. The van der Waals surface area contributed by atoms with Crippen LogP contribution in [0.1, 0.15) is 62.5 Å². The second kappa shape index (κ2) is 17.8. The highest BCUT2D eigenvalue weighted by atomic mass is 32.2. The fraction of sp³-hybridized carbons (Fsp3) is 0.727. The van der Waals surface area contributed by atoms with E-state index in [1.807, 2.05) is 11.8 Å². The molecule has 3 saturated heterocycles. The molecule has 5 rings (SSSR count). The minimum Gasteiger partial charge on any atom is -0.394 e. The van der Waals surface area contributed by atoms with Crippen molar-refractivity contribution < 1.29 is 57.5 Å². The van der Waals surface area contributed by atoms with Crippen LogP contribution in [0.15, 0.2) is 34.5 Å². The number of carbonyl (C=O) groups excluding carboxylic acids is 3. The lowest BCUT2D eigenvalue weighted by Crippen LogP contribution is -2.59. The number of nitrogens with one attached hydrogen (secondary N) is 3. The first-order valence-corrected chi connectivity index (χ1v) is 18.6. The van der Waals surface area contributed by atoms with Gasteiger partial charge in [0, 0.05) is 42.6 Å². The van der Waals surface area contributed by atoms with E-state index >= 15 is 0 Å². The maximum absolute atomic E-state index is 13.4. The Kier molecular flexibility index (Phi) is 13.8. The van der Waals surface area contributed by atoms with Gasteiger partial charge in [-0.2, -0.15) is 24.9 Å². The zero-order valence-electron chi connectivity index (χ0n) is 28.5. The molecule has 4 aliphatic heterocycles. The molecular formula is C33H47F3N6O9S. The summed E-state index contributed by atoms with van der Waals surface area (Å²) in [5.41, 5.74) is -2.16. The number of alkyl halides is 3. The smallest absolute Gasteiger partial charge is 0.394 e. The summed E-state index contributed by atoms with van der Waals surface area (Å²) in [6, 6.07) is 5.68. The van der Waals surface area contributed by atoms with Crippen LogP contribution in [0.4, 0.5) is 18.0 Å². The number of nitrogens with zero attached hydrogens (tertiary/aromatic N) is 3. The van der Waals surface area contributed by atoms with E-state index in [2.05, 4.69) is 26.2 Å². The van der Waals surface area contributed by atoms with E-state index in [1.165, 1.54) is 29.2 Å². The summed E-state index contributed by atoms with van der Waals surface area (Å²) in [7, 11) is 0. The monoisotopic (exact) mass is 760 g/mol. The highest BCUT2D eigenvalue weighted by molar-refractivity contribution is 8.00. The van der Waals surface area contributed by atoms with Crippen molar-refractivity contribution in [3.05, 3.63) is 35.4 Å². The molecular weight excluding hydrogens is 713 g/mol. The predicted molar refractivity (Wildman–Crippen MR) is 180 cm³/mol. The molecule has 15 nitrogen and oxygen atoms in total. The normalized spacial score (nSPS) is 28.9. The summed E-state index contributed by atoms with van der Waals surface area (Å²) < 4.78 is 51.1. The predicted octanol–water partition coefficient (Wildman–Crippen LogP) is 1.42. The summed E-state index contributed by atoms with van der Waals surface area (Å²) >= 11 is 1.85. The molecule has 4 amide bonds. The van der Waals surface area contributed by atoms with Crippen molar-refractivity contribution in [1.29, 1.82) is 0 Å². The average Bonchev–Trinajstić information content (AvgIpc) is 3.75. The maximum Gasteiger partial charge on any atom is 0.442 e. The first kappa shape index (κ1) is 40.1. The van der Waals surface area contributed by atoms with Crippen molar-refractivity contribution in [3.8, 4) is 0 Å². The average molecular weight is 761 g/mol. The van der Waals surface area contributed by atoms with Gasteiger partial charge >= 0.3 is 17.9 Å². The Bertz CT molecular complexity index is 1400. The van der Waals surface area contributed by atoms with Gasteiger partial charge in [-0.05, 0) is 31.2 Å². The van der Waals surface area contributed by atoms with Crippen LogP contribution in [0.25, 0.3) is 0 Å². The van der Waals surface area contributed by atoms with Gasteiger partial charge in [0.2, 0.25) is 11.8 Å². The lowest BCUT2D eigenvalue weighted by molar-refractivity contribution is -0.299. The molecule has 52 heavy (non-hydrogen) atoms. The van der Waals surface area contributed by atoms with Gasteiger partial charge in [-0.25, -0.2) is 4.79 Å². The summed E-state index contributed by atoms with van der Waals surface area (Å²) in [6.45, 7) is -0.438. The first-order chi connectivity index (χ1) is 24.8. The molecule has 7 N–H and O–H groups in total. The number of hydrogen-bond acceptors (Lipinski definition) is 12. The second-order valence-electron chi connectivity index (χ2n) is 13.5. The number of aliphatic hydroxyl groups is 4. The van der Waals surface area contributed by atoms with Gasteiger partial charge in [0.15, 0.2) is 6.29 Å². The molecule has 8 atom stereocenters. The first-order valence-electron chi connectivity index (χ1n) is 17.6. The topological polar surface area (TPSA) is 215 Å². The third-order valence-electron chi connectivity index (χ3n) is 9.76. The fourth-order valence-electron chi connectivity index (χ4n) is 6.62. The fourth-order valence-corrected chi connectivity index (χ4v) is 8.16. The molecule has 4 aliphatic rings. The molecule has 0 spiro atoms. The number of benzene rings is 1. The van der Waals surface area contributed by atoms with Crippen molar-refractivity contribution in [2.45, 2.75) is 118 Å². The number of fused-ring (bicyclic) bond motifs is 1. The molecule has 0 radical (unpaired) electrons. The van der Waals surface area contributed by atoms with Gasteiger partial charge in [-0.15, -0.1) is 10.2 Å². The van der Waals surface area contributed by atoms with Crippen molar-refractivity contribution in [2.75, 3.05) is 32.1 Å². The molecule has 0 saturated carbocycles. The summed E-state index contributed by atoms with van der Waals surface area (Å²) in [5, 5.41) is 55.4. The van der Waals surface area contributed by atoms with Crippen molar-refractivity contribution in [2.24, 2.45) is 10.2 Å². The van der Waals surface area contributed by atoms with Crippen molar-refractivity contribution in [1.82, 2.24) is 20.9 Å². The highest BCUT2D eigenvalue weighted by Gasteiger charge is 2.65. The number of aliphatic hydroxyl groups excluding tert-OH is 4. The van der Waals surface area contributed by atoms with Crippen LogP contribution in [0.5, 0.6) is 0 Å². The summed E-state index contributed by atoms with van der Waals surface area (Å²) in [6.07, 6.45) is -6.52. The van der Waals surface area contributed by atoms with Crippen LogP contribution >= 0.6 is 11.8 Å². The van der Waals surface area contributed by atoms with E-state index in [0.29, 0.717) is 30.2 Å². The van der Waals surface area contributed by atoms with Gasteiger partial charge in [0.25, 0.3) is 0 Å². The Morgan fingerprint density at radius 2 is 1.75 bits per heavy atom. The molecule has 19 heteroatoms. The molecule has 0 aromatic heterocycles. The van der Waals surface area contributed by atoms with Crippen LogP contribution in [0, 0.1) is 0 Å². The summed E-state index contributed by atoms with van der Waals surface area (Å²) in [4.78, 5) is 38.6. The van der Waals surface area contributed by atoms with E-state index in [0.717, 1.165) is 44.3 Å². The second-order valence-corrected chi connectivity index (χ2v) is 14.8. The zero-order valence-corrected chi connectivity index (χ0v) is 29.4. The number of unbranched alkanes of at least 4 members (excludes halogenated alkanes) is 4. The van der Waals surface area contributed by atoms with Gasteiger partial charge < -0.3 is 50.8 Å². The molecule has 3 fully saturated rings. The number of hydrogen-bond donors (Lipinski definition) is 7. The highest BCUT2D eigenvalue weighted by Crippen LogP contribution is 2.52. The number of rotatable bonds is 19. The molecule has 290 valence electrons. The number of carbonyl (C=O) groups is 3. The molecule has 1 aromatic rings. The SMILES string of the molecule is O=C(CCCCC1SCC2NC(=O)NC21)NCCCCCCN(Cc1ccc(C2(C(F)(F)F)N=N2)cc1)C(=O)CO[C@H]1O[C@H](CO)[C@@H](O)[C@H](O)[C@@H]1O. The minimum absolute atomic E-state index is 0.0137. The van der Waals surface area contributed by atoms with Crippen molar-refractivity contribution >= 4 is 29.6 Å². The number of thioether (sulfide) groups is 1. The Balaban J connectivity index is 1.03. The Labute approximate surface area is 303 Å². The van der Waals surface area contributed by atoms with E-state index in [4.69, 9.17) is 9.47 Å². The number of amides is 4. The van der Waals surface area contributed by atoms with Crippen LogP contribution in [0.3, 0.4) is 0 Å². The third-order valence-corrected chi connectivity index (χ3v) is 11.3. The van der Waals surface area contributed by atoms with Gasteiger partial charge in [0.1, 0.15) is 31.0 Å². The summed E-state index contributed by atoms with van der Waals surface area (Å²) in [5.74, 6) is 0.364. The quantitative estimate of drug-likeness (QED) is 0.0796. The molecule has 0 aliphatic carbocycles. The Morgan fingerprint density at radius 3 is 2.44 bits per heavy atom. The largest absolute Gasteiger partial charge is 0.442 e. The molecule has 3 unspecified atom stereocenters. The van der Waals surface area contributed by atoms with Gasteiger partial charge in [0.05, 0.1) is 18.7 Å². The molecule has 1 aromatic carbocycles. The maximum atomic E-state index is 13.4. The van der Waals surface area contributed by atoms with Gasteiger partial charge in [-0.3, -0.25) is 9.59 Å². The minimum atomic E-state index is -4.67. The van der Waals surface area contributed by atoms with E-state index in [9.17, 15) is 48.0 Å². The number of urea groups is 1. The lowest BCUT2D eigenvalue weighted by atomic mass is 9.99.